The van der Waals surface area contributed by atoms with Gasteiger partial charge in [-0.05, 0) is 26.0 Å². The van der Waals surface area contributed by atoms with Gasteiger partial charge in [-0.2, -0.15) is 5.06 Å². The van der Waals surface area contributed by atoms with Crippen LogP contribution in [0.15, 0.2) is 35.4 Å². The number of nitrogens with two attached hydrogens (primary N) is 3. The molecule has 1 rings (SSSR count). The average Bonchev–Trinajstić information content (AvgIpc) is 2.70. The van der Waals surface area contributed by atoms with Crippen molar-refractivity contribution in [2.45, 2.75) is 45.2 Å². The molecule has 1 aliphatic carbocycles. The van der Waals surface area contributed by atoms with Gasteiger partial charge in [-0.25, -0.2) is 5.84 Å². The number of nitro groups is 1. The van der Waals surface area contributed by atoms with Gasteiger partial charge in [0.1, 0.15) is 6.04 Å². The molecule has 2 unspecified atom stereocenters. The van der Waals surface area contributed by atoms with Crippen molar-refractivity contribution < 1.29 is 14.9 Å². The monoisotopic (exact) mass is 428 g/mol. The molecule has 0 spiro atoms. The van der Waals surface area contributed by atoms with Crippen LogP contribution in [0.1, 0.15) is 33.1 Å². The molecule has 0 aliphatic heterocycles. The minimum absolute atomic E-state index is 0.0976. The largest absolute Gasteiger partial charge is 0.401 e. The Morgan fingerprint density at radius 3 is 2.47 bits per heavy atom. The SMILES string of the molecule is CC.CNC1C(NCCCN(N)/C=C(\N)CCC(N)=O)=CC=C([N+](=O)[O-])C1N(C)O. The van der Waals surface area contributed by atoms with E-state index >= 15 is 0 Å². The first kappa shape index (κ1) is 27.3. The van der Waals surface area contributed by atoms with Gasteiger partial charge in [0.15, 0.2) is 0 Å². The highest BCUT2D eigenvalue weighted by molar-refractivity contribution is 5.73. The summed E-state index contributed by atoms with van der Waals surface area (Å²) < 4.78 is 0. The van der Waals surface area contributed by atoms with Crippen LogP contribution in [0.25, 0.3) is 0 Å². The zero-order valence-electron chi connectivity index (χ0n) is 18.2. The molecule has 0 fully saturated rings. The van der Waals surface area contributed by atoms with Crippen LogP contribution in [0, 0.1) is 10.1 Å². The number of hydrogen-bond donors (Lipinski definition) is 6. The van der Waals surface area contributed by atoms with Crippen LogP contribution in [-0.2, 0) is 4.79 Å². The third-order valence-corrected chi connectivity index (χ3v) is 4.23. The first-order chi connectivity index (χ1) is 14.2. The fourth-order valence-corrected chi connectivity index (χ4v) is 2.88. The summed E-state index contributed by atoms with van der Waals surface area (Å²) in [6.45, 7) is 5.05. The first-order valence-corrected chi connectivity index (χ1v) is 9.82. The lowest BCUT2D eigenvalue weighted by Crippen LogP contribution is -2.53. The Hall–Kier alpha value is -2.67. The van der Waals surface area contributed by atoms with Gasteiger partial charge in [-0.1, -0.05) is 13.8 Å². The van der Waals surface area contributed by atoms with E-state index in [0.717, 1.165) is 10.8 Å². The van der Waals surface area contributed by atoms with Crippen LogP contribution < -0.4 is 27.9 Å². The molecule has 0 aromatic heterocycles. The van der Waals surface area contributed by atoms with Gasteiger partial charge < -0.3 is 32.3 Å². The Morgan fingerprint density at radius 2 is 1.97 bits per heavy atom. The maximum absolute atomic E-state index is 11.2. The highest BCUT2D eigenvalue weighted by Crippen LogP contribution is 2.22. The molecule has 0 radical (unpaired) electrons. The number of likely N-dealkylation sites (N-methyl/N-ethyl adjacent to an activating group) is 2. The normalized spacial score (nSPS) is 18.7. The second-order valence-electron chi connectivity index (χ2n) is 6.44. The van der Waals surface area contributed by atoms with Crippen molar-refractivity contribution in [1.29, 1.82) is 0 Å². The van der Waals surface area contributed by atoms with Gasteiger partial charge >= 0.3 is 0 Å². The van der Waals surface area contributed by atoms with Crippen LogP contribution in [0.5, 0.6) is 0 Å². The molecule has 2 atom stereocenters. The second-order valence-corrected chi connectivity index (χ2v) is 6.44. The van der Waals surface area contributed by atoms with Gasteiger partial charge in [0.2, 0.25) is 5.91 Å². The third kappa shape index (κ3) is 9.22. The number of hydrazine groups is 1. The van der Waals surface area contributed by atoms with Gasteiger partial charge in [0.25, 0.3) is 5.70 Å². The highest BCUT2D eigenvalue weighted by atomic mass is 16.6. The summed E-state index contributed by atoms with van der Waals surface area (Å²) in [4.78, 5) is 21.4. The van der Waals surface area contributed by atoms with Crippen LogP contribution >= 0.6 is 0 Å². The van der Waals surface area contributed by atoms with Crippen molar-refractivity contribution in [2.75, 3.05) is 27.2 Å². The van der Waals surface area contributed by atoms with Crippen molar-refractivity contribution in [3.63, 3.8) is 0 Å². The zero-order chi connectivity index (χ0) is 23.3. The zero-order valence-corrected chi connectivity index (χ0v) is 18.2. The fourth-order valence-electron chi connectivity index (χ4n) is 2.88. The number of allylic oxidation sites excluding steroid dienone is 3. The van der Waals surface area contributed by atoms with E-state index in [2.05, 4.69) is 10.6 Å². The minimum Gasteiger partial charge on any atom is -0.401 e. The summed E-state index contributed by atoms with van der Waals surface area (Å²) in [5, 5.41) is 29.5. The van der Waals surface area contributed by atoms with E-state index in [9.17, 15) is 20.1 Å². The second kappa shape index (κ2) is 14.3. The van der Waals surface area contributed by atoms with E-state index < -0.39 is 22.9 Å². The minimum atomic E-state index is -0.827. The Kier molecular flexibility index (Phi) is 13.1. The van der Waals surface area contributed by atoms with E-state index in [1.165, 1.54) is 18.1 Å². The van der Waals surface area contributed by atoms with Gasteiger partial charge in [-0.15, -0.1) is 0 Å². The van der Waals surface area contributed by atoms with Crippen LogP contribution in [0.4, 0.5) is 0 Å². The standard InChI is InChI=1S/C16H30N8O4.C2H6/c1-20-15-12(5-6-13(24(27)28)16(15)22(2)26)21-8-3-9-23(19)10-11(17)4-7-14(18)25;1-2/h5-6,10,15-16,20-21,26H,3-4,7-9,17,19H2,1-2H3,(H2,18,25);1-2H3/b11-10-;. The lowest BCUT2D eigenvalue weighted by Gasteiger charge is -2.33. The Bertz CT molecular complexity index is 648. The highest BCUT2D eigenvalue weighted by Gasteiger charge is 2.39. The molecule has 1 aliphatic rings. The van der Waals surface area contributed by atoms with Gasteiger partial charge in [0, 0.05) is 50.2 Å². The van der Waals surface area contributed by atoms with Crippen molar-refractivity contribution >= 4 is 5.91 Å². The molecule has 172 valence electrons. The van der Waals surface area contributed by atoms with E-state index in [1.807, 2.05) is 13.8 Å². The predicted molar refractivity (Wildman–Crippen MR) is 115 cm³/mol. The van der Waals surface area contributed by atoms with E-state index in [0.29, 0.717) is 31.6 Å². The van der Waals surface area contributed by atoms with Crippen LogP contribution in [0.2, 0.25) is 0 Å². The molecule has 0 aromatic rings. The quantitative estimate of drug-likeness (QED) is 0.103. The van der Waals surface area contributed by atoms with E-state index in [4.69, 9.17) is 17.3 Å². The molecular formula is C18H36N8O4. The average molecular weight is 429 g/mol. The van der Waals surface area contributed by atoms with Crippen LogP contribution in [0.3, 0.4) is 0 Å². The van der Waals surface area contributed by atoms with Gasteiger partial charge in [-0.3, -0.25) is 14.9 Å². The summed E-state index contributed by atoms with van der Waals surface area (Å²) in [5.41, 5.74) is 11.9. The number of hydroxylamine groups is 2. The maximum Gasteiger partial charge on any atom is 0.267 e. The summed E-state index contributed by atoms with van der Waals surface area (Å²) in [7, 11) is 3.04. The van der Waals surface area contributed by atoms with Crippen molar-refractivity contribution in [3.8, 4) is 0 Å². The summed E-state index contributed by atoms with van der Waals surface area (Å²) in [6.07, 6.45) is 5.74. The molecule has 12 nitrogen and oxygen atoms in total. The van der Waals surface area contributed by atoms with Crippen molar-refractivity contribution in [2.24, 2.45) is 17.3 Å². The summed E-state index contributed by atoms with van der Waals surface area (Å²) in [6, 6.07) is -1.30. The van der Waals surface area contributed by atoms with E-state index in [1.54, 1.807) is 19.3 Å². The number of nitrogens with zero attached hydrogens (tertiary/aromatic N) is 3. The molecule has 1 amide bonds. The number of carbonyl (C=O) groups excluding carboxylic acids is 1. The van der Waals surface area contributed by atoms with Crippen molar-refractivity contribution in [3.05, 3.63) is 45.6 Å². The number of carbonyl (C=O) groups is 1. The Balaban J connectivity index is 0.00000407. The maximum atomic E-state index is 11.2. The topological polar surface area (TPSA) is 189 Å². The number of nitrogens with one attached hydrogen (secondary N) is 2. The summed E-state index contributed by atoms with van der Waals surface area (Å²) >= 11 is 0. The lowest BCUT2D eigenvalue weighted by molar-refractivity contribution is -0.438. The molecule has 30 heavy (non-hydrogen) atoms. The molecule has 9 N–H and O–H groups in total. The molecular weight excluding hydrogens is 392 g/mol. The molecule has 0 heterocycles. The molecule has 0 saturated heterocycles. The van der Waals surface area contributed by atoms with Gasteiger partial charge in [0.05, 0.1) is 11.0 Å². The fraction of sp³-hybridized carbons (Fsp3) is 0.611. The lowest BCUT2D eigenvalue weighted by atomic mass is 9.96. The predicted octanol–water partition coefficient (Wildman–Crippen LogP) is -0.431. The number of primary amides is 1. The smallest absolute Gasteiger partial charge is 0.267 e. The molecule has 12 heteroatoms. The molecule has 0 bridgehead atoms. The number of rotatable bonds is 12. The van der Waals surface area contributed by atoms with Crippen LogP contribution in [-0.4, -0.2) is 65.4 Å². The first-order valence-electron chi connectivity index (χ1n) is 9.82. The third-order valence-electron chi connectivity index (χ3n) is 4.23. The Morgan fingerprint density at radius 1 is 1.33 bits per heavy atom. The van der Waals surface area contributed by atoms with E-state index in [-0.39, 0.29) is 12.1 Å². The summed E-state index contributed by atoms with van der Waals surface area (Å²) in [5.74, 6) is 5.42. The number of amides is 1. The molecule has 0 saturated carbocycles. The van der Waals surface area contributed by atoms with Crippen molar-refractivity contribution in [1.82, 2.24) is 20.7 Å². The molecule has 0 aromatic carbocycles. The number of hydrogen-bond acceptors (Lipinski definition) is 10. The Labute approximate surface area is 177 Å².